The first-order valence-electron chi connectivity index (χ1n) is 12.0. The van der Waals surface area contributed by atoms with Gasteiger partial charge in [0.2, 0.25) is 6.29 Å². The number of phenols is 2. The smallest absolute Gasteiger partial charge is 0.229 e. The molecule has 2 aliphatic rings. The van der Waals surface area contributed by atoms with Gasteiger partial charge in [0.1, 0.15) is 53.4 Å². The van der Waals surface area contributed by atoms with E-state index in [0.717, 1.165) is 6.07 Å². The lowest BCUT2D eigenvalue weighted by atomic mass is 9.98. The minimum absolute atomic E-state index is 0.0265. The summed E-state index contributed by atoms with van der Waals surface area (Å²) in [6.45, 7) is -1.97. The number of aromatic hydroxyl groups is 2. The van der Waals surface area contributed by atoms with Crippen LogP contribution in [0.4, 0.5) is 0 Å². The molecule has 39 heavy (non-hydrogen) atoms. The Kier molecular flexibility index (Phi) is 8.86. The molecule has 0 spiro atoms. The molecule has 8 N–H and O–H groups in total. The molecule has 2 saturated heterocycles. The Hall–Kier alpha value is -3.11. The fourth-order valence-electron chi connectivity index (χ4n) is 4.16. The third-order valence-corrected chi connectivity index (χ3v) is 6.50. The molecule has 13 nitrogen and oxygen atoms in total. The molecule has 2 aromatic carbocycles. The topological polar surface area (TPSA) is 216 Å². The van der Waals surface area contributed by atoms with E-state index >= 15 is 0 Å². The van der Waals surface area contributed by atoms with Crippen molar-refractivity contribution in [2.75, 3.05) is 19.8 Å². The predicted molar refractivity (Wildman–Crippen MR) is 131 cm³/mol. The second kappa shape index (κ2) is 12.0. The van der Waals surface area contributed by atoms with Crippen molar-refractivity contribution >= 4 is 11.9 Å². The number of hydrogen-bond acceptors (Lipinski definition) is 13. The largest absolute Gasteiger partial charge is 0.508 e. The number of benzene rings is 2. The number of ketones is 1. The molecular weight excluding hydrogens is 520 g/mol. The summed E-state index contributed by atoms with van der Waals surface area (Å²) in [4.78, 5) is 12.5. The molecule has 8 unspecified atom stereocenters. The average molecular weight is 551 g/mol. The van der Waals surface area contributed by atoms with Gasteiger partial charge in [0.05, 0.1) is 25.4 Å². The summed E-state index contributed by atoms with van der Waals surface area (Å²) in [6.07, 6.45) is -8.09. The van der Waals surface area contributed by atoms with Crippen molar-refractivity contribution in [2.24, 2.45) is 0 Å². The standard InChI is InChI=1S/C26H30O13/c27-10-19-22(39-25-23(34)26(35,11-28)12-36-25)20(32)21(33)24(38-19)37-15-6-7-16(18(31)9-15)17(30)8-3-13-1-4-14(29)5-2-13/h1-9,19-25,27-29,31-35H,10-12H2. The Bertz CT molecular complexity index is 1170. The second-order valence-electron chi connectivity index (χ2n) is 9.28. The minimum atomic E-state index is -1.99. The van der Waals surface area contributed by atoms with E-state index in [-0.39, 0.29) is 17.1 Å². The molecule has 0 bridgehead atoms. The van der Waals surface area contributed by atoms with Gasteiger partial charge in [-0.3, -0.25) is 4.79 Å². The lowest BCUT2D eigenvalue weighted by Gasteiger charge is -2.42. The number of carbonyl (C=O) groups excluding carboxylic acids is 1. The van der Waals surface area contributed by atoms with Crippen LogP contribution in [0.25, 0.3) is 6.08 Å². The van der Waals surface area contributed by atoms with E-state index in [1.807, 2.05) is 0 Å². The molecule has 2 aromatic rings. The van der Waals surface area contributed by atoms with Gasteiger partial charge >= 0.3 is 0 Å². The van der Waals surface area contributed by atoms with Gasteiger partial charge < -0.3 is 59.8 Å². The van der Waals surface area contributed by atoms with E-state index in [0.29, 0.717) is 5.56 Å². The van der Waals surface area contributed by atoms with Gasteiger partial charge in [-0.1, -0.05) is 18.2 Å². The number of rotatable bonds is 9. The van der Waals surface area contributed by atoms with Crippen LogP contribution in [0.1, 0.15) is 15.9 Å². The highest BCUT2D eigenvalue weighted by Crippen LogP contribution is 2.32. The summed E-state index contributed by atoms with van der Waals surface area (Å²) in [5, 5.41) is 80.3. The summed E-state index contributed by atoms with van der Waals surface area (Å²) in [5.41, 5.74) is -1.37. The summed E-state index contributed by atoms with van der Waals surface area (Å²) >= 11 is 0. The number of aliphatic hydroxyl groups excluding tert-OH is 5. The fraction of sp³-hybridized carbons (Fsp3) is 0.423. The van der Waals surface area contributed by atoms with Crippen molar-refractivity contribution in [3.05, 3.63) is 59.7 Å². The summed E-state index contributed by atoms with van der Waals surface area (Å²) in [5.74, 6) is -0.887. The normalized spacial score (nSPS) is 32.9. The second-order valence-corrected chi connectivity index (χ2v) is 9.28. The maximum absolute atomic E-state index is 12.5. The van der Waals surface area contributed by atoms with Gasteiger partial charge in [0.25, 0.3) is 0 Å². The molecule has 212 valence electrons. The van der Waals surface area contributed by atoms with E-state index in [9.17, 15) is 45.6 Å². The van der Waals surface area contributed by atoms with E-state index in [1.165, 1.54) is 36.4 Å². The van der Waals surface area contributed by atoms with Crippen molar-refractivity contribution < 1.29 is 64.6 Å². The molecule has 0 aliphatic carbocycles. The van der Waals surface area contributed by atoms with Crippen LogP contribution in [-0.2, 0) is 14.2 Å². The van der Waals surface area contributed by atoms with Gasteiger partial charge in [-0.05, 0) is 35.9 Å². The molecule has 0 aromatic heterocycles. The van der Waals surface area contributed by atoms with Gasteiger partial charge in [0.15, 0.2) is 12.1 Å². The lowest BCUT2D eigenvalue weighted by molar-refractivity contribution is -0.313. The number of phenolic OH excluding ortho intramolecular Hbond substituents is 2. The number of aliphatic hydroxyl groups is 6. The van der Waals surface area contributed by atoms with Crippen LogP contribution in [0.5, 0.6) is 17.2 Å². The van der Waals surface area contributed by atoms with Crippen molar-refractivity contribution in [2.45, 2.75) is 48.7 Å². The maximum atomic E-state index is 12.5. The Morgan fingerprint density at radius 1 is 1.03 bits per heavy atom. The van der Waals surface area contributed by atoms with Crippen LogP contribution < -0.4 is 4.74 Å². The van der Waals surface area contributed by atoms with Crippen LogP contribution >= 0.6 is 0 Å². The summed E-state index contributed by atoms with van der Waals surface area (Å²) in [6, 6.07) is 9.86. The zero-order chi connectivity index (χ0) is 28.3. The fourth-order valence-corrected chi connectivity index (χ4v) is 4.16. The van der Waals surface area contributed by atoms with Gasteiger partial charge in [-0.2, -0.15) is 0 Å². The zero-order valence-electron chi connectivity index (χ0n) is 20.5. The number of carbonyl (C=O) groups is 1. The lowest BCUT2D eigenvalue weighted by Crippen LogP contribution is -2.62. The highest BCUT2D eigenvalue weighted by molar-refractivity contribution is 6.08. The summed E-state index contributed by atoms with van der Waals surface area (Å²) < 4.78 is 21.7. The molecule has 0 radical (unpaired) electrons. The Morgan fingerprint density at radius 2 is 1.74 bits per heavy atom. The monoisotopic (exact) mass is 550 g/mol. The quantitative estimate of drug-likeness (QED) is 0.134. The Balaban J connectivity index is 1.41. The van der Waals surface area contributed by atoms with Gasteiger partial charge in [0, 0.05) is 6.07 Å². The average Bonchev–Trinajstić information content (AvgIpc) is 3.21. The molecule has 0 amide bonds. The zero-order valence-corrected chi connectivity index (χ0v) is 20.5. The van der Waals surface area contributed by atoms with Crippen molar-refractivity contribution in [3.8, 4) is 17.2 Å². The van der Waals surface area contributed by atoms with Crippen molar-refractivity contribution in [1.29, 1.82) is 0 Å². The van der Waals surface area contributed by atoms with Gasteiger partial charge in [-0.25, -0.2) is 0 Å². The third-order valence-electron chi connectivity index (χ3n) is 6.50. The maximum Gasteiger partial charge on any atom is 0.229 e. The molecule has 0 saturated carbocycles. The van der Waals surface area contributed by atoms with Crippen molar-refractivity contribution in [1.82, 2.24) is 0 Å². The SMILES string of the molecule is O=C(C=Cc1ccc(O)cc1)c1ccc(OC2OC(CO)C(OC3OCC(O)(CO)C3O)C(O)C2O)cc1O. The summed E-state index contributed by atoms with van der Waals surface area (Å²) in [7, 11) is 0. The molecular formula is C26H30O13. The van der Waals surface area contributed by atoms with E-state index in [2.05, 4.69) is 0 Å². The highest BCUT2D eigenvalue weighted by atomic mass is 16.7. The third kappa shape index (κ3) is 6.22. The van der Waals surface area contributed by atoms with Crippen LogP contribution in [0.2, 0.25) is 0 Å². The first kappa shape index (κ1) is 28.9. The van der Waals surface area contributed by atoms with Crippen LogP contribution in [0.3, 0.4) is 0 Å². The molecule has 13 heteroatoms. The number of hydrogen-bond donors (Lipinski definition) is 8. The highest BCUT2D eigenvalue weighted by Gasteiger charge is 2.53. The van der Waals surface area contributed by atoms with Crippen molar-refractivity contribution in [3.63, 3.8) is 0 Å². The van der Waals surface area contributed by atoms with Crippen LogP contribution in [0.15, 0.2) is 48.5 Å². The molecule has 8 atom stereocenters. The molecule has 4 rings (SSSR count). The van der Waals surface area contributed by atoms with Crippen LogP contribution in [-0.4, -0.2) is 115 Å². The molecule has 2 aliphatic heterocycles. The molecule has 2 fully saturated rings. The van der Waals surface area contributed by atoms with Crippen LogP contribution in [0, 0.1) is 0 Å². The van der Waals surface area contributed by atoms with Gasteiger partial charge in [-0.15, -0.1) is 0 Å². The first-order valence-corrected chi connectivity index (χ1v) is 12.0. The van der Waals surface area contributed by atoms with E-state index < -0.39 is 80.1 Å². The predicted octanol–water partition coefficient (Wildman–Crippen LogP) is -1.36. The number of ether oxygens (including phenoxy) is 4. The number of allylic oxidation sites excluding steroid dienone is 1. The molecule has 2 heterocycles. The minimum Gasteiger partial charge on any atom is -0.508 e. The Morgan fingerprint density at radius 3 is 2.36 bits per heavy atom. The van der Waals surface area contributed by atoms with E-state index in [4.69, 9.17) is 18.9 Å². The van der Waals surface area contributed by atoms with E-state index in [1.54, 1.807) is 12.1 Å². The first-order chi connectivity index (χ1) is 18.6. The Labute approximate surface area is 222 Å².